The Labute approximate surface area is 104 Å². The lowest BCUT2D eigenvalue weighted by Crippen LogP contribution is -2.28. The molecule has 0 aliphatic rings. The van der Waals surface area contributed by atoms with Crippen molar-refractivity contribution in [2.75, 3.05) is 0 Å². The zero-order valence-electron chi connectivity index (χ0n) is 7.11. The average molecular weight is 337 g/mol. The highest BCUT2D eigenvalue weighted by atomic mass is 127. The van der Waals surface area contributed by atoms with Crippen LogP contribution in [0.5, 0.6) is 0 Å². The maximum Gasteiger partial charge on any atom is 0.0994 e. The van der Waals surface area contributed by atoms with E-state index in [-0.39, 0.29) is 6.04 Å². The van der Waals surface area contributed by atoms with Gasteiger partial charge in [0.1, 0.15) is 0 Å². The molecule has 0 aliphatic carbocycles. The van der Waals surface area contributed by atoms with E-state index in [1.54, 1.807) is 11.3 Å². The summed E-state index contributed by atoms with van der Waals surface area (Å²) in [5.41, 5.74) is 3.78. The molecule has 2 rings (SSSR count). The molecule has 2 heterocycles. The van der Waals surface area contributed by atoms with Crippen LogP contribution in [0.4, 0.5) is 0 Å². The minimum atomic E-state index is 0.0214. The van der Waals surface area contributed by atoms with Crippen molar-refractivity contribution in [1.82, 2.24) is 9.80 Å². The van der Waals surface area contributed by atoms with Crippen LogP contribution in [-0.2, 0) is 0 Å². The van der Waals surface area contributed by atoms with Crippen molar-refractivity contribution in [3.8, 4) is 0 Å². The van der Waals surface area contributed by atoms with Crippen LogP contribution in [0.3, 0.4) is 0 Å². The summed E-state index contributed by atoms with van der Waals surface area (Å²) in [6, 6.07) is 4.09. The zero-order valence-corrected chi connectivity index (χ0v) is 10.9. The van der Waals surface area contributed by atoms with Crippen LogP contribution in [0.1, 0.15) is 16.6 Å². The van der Waals surface area contributed by atoms with Gasteiger partial charge in [0.25, 0.3) is 0 Å². The van der Waals surface area contributed by atoms with E-state index < -0.39 is 0 Å². The van der Waals surface area contributed by atoms with Crippen molar-refractivity contribution in [3.63, 3.8) is 0 Å². The van der Waals surface area contributed by atoms with E-state index in [1.807, 2.05) is 11.4 Å². The van der Waals surface area contributed by atoms with E-state index in [1.165, 1.54) is 20.0 Å². The lowest BCUT2D eigenvalue weighted by molar-refractivity contribution is 0.634. The summed E-state index contributed by atoms with van der Waals surface area (Å²) in [5.74, 6) is 5.54. The minimum Gasteiger partial charge on any atom is -0.270 e. The highest BCUT2D eigenvalue weighted by molar-refractivity contribution is 14.1. The smallest absolute Gasteiger partial charge is 0.0994 e. The average Bonchev–Trinajstić information content (AvgIpc) is 2.80. The van der Waals surface area contributed by atoms with Crippen molar-refractivity contribution in [3.05, 3.63) is 37.0 Å². The number of hydrazine groups is 1. The second-order valence-electron chi connectivity index (χ2n) is 2.66. The first kappa shape index (κ1) is 10.5. The van der Waals surface area contributed by atoms with Crippen molar-refractivity contribution in [2.45, 2.75) is 6.04 Å². The number of thiophene rings is 1. The van der Waals surface area contributed by atoms with Gasteiger partial charge in [-0.3, -0.25) is 5.84 Å². The summed E-state index contributed by atoms with van der Waals surface area (Å²) >= 11 is 5.45. The summed E-state index contributed by atoms with van der Waals surface area (Å²) in [5, 5.41) is 4.02. The first-order valence-corrected chi connectivity index (χ1v) is 6.71. The van der Waals surface area contributed by atoms with E-state index in [0.717, 1.165) is 5.69 Å². The molecule has 0 fully saturated rings. The Morgan fingerprint density at radius 1 is 1.43 bits per heavy atom. The number of nitrogens with zero attached hydrogens (tertiary/aromatic N) is 1. The normalized spacial score (nSPS) is 13.0. The molecular formula is C8H8IN3S2. The highest BCUT2D eigenvalue weighted by Crippen LogP contribution is 2.29. The van der Waals surface area contributed by atoms with Crippen LogP contribution < -0.4 is 11.3 Å². The second-order valence-corrected chi connectivity index (χ2v) is 5.43. The topological polar surface area (TPSA) is 50.9 Å². The Kier molecular flexibility index (Phi) is 3.50. The van der Waals surface area contributed by atoms with Crippen LogP contribution in [-0.4, -0.2) is 4.37 Å². The van der Waals surface area contributed by atoms with Crippen LogP contribution in [0, 0.1) is 3.57 Å². The molecule has 3 N–H and O–H groups in total. The van der Waals surface area contributed by atoms with Gasteiger partial charge in [-0.15, -0.1) is 11.3 Å². The molecular weight excluding hydrogens is 329 g/mol. The Bertz CT molecular complexity index is 398. The van der Waals surface area contributed by atoms with Gasteiger partial charge < -0.3 is 0 Å². The SMILES string of the molecule is NNC(c1ccsn1)c1sccc1I. The summed E-state index contributed by atoms with van der Waals surface area (Å²) in [4.78, 5) is 1.22. The summed E-state index contributed by atoms with van der Waals surface area (Å²) in [7, 11) is 0. The number of hydrogen-bond donors (Lipinski definition) is 2. The van der Waals surface area contributed by atoms with Gasteiger partial charge in [-0.1, -0.05) is 0 Å². The Hall–Kier alpha value is -0.0200. The van der Waals surface area contributed by atoms with Gasteiger partial charge in [-0.2, -0.15) is 4.37 Å². The van der Waals surface area contributed by atoms with E-state index in [0.29, 0.717) is 0 Å². The molecule has 0 aliphatic heterocycles. The quantitative estimate of drug-likeness (QED) is 0.514. The Morgan fingerprint density at radius 3 is 2.79 bits per heavy atom. The summed E-state index contributed by atoms with van der Waals surface area (Å²) in [6.07, 6.45) is 0. The van der Waals surface area contributed by atoms with Gasteiger partial charge in [0.2, 0.25) is 0 Å². The molecule has 1 unspecified atom stereocenters. The predicted molar refractivity (Wildman–Crippen MR) is 68.3 cm³/mol. The van der Waals surface area contributed by atoms with Gasteiger partial charge in [0, 0.05) is 13.8 Å². The van der Waals surface area contributed by atoms with Crippen molar-refractivity contribution in [1.29, 1.82) is 0 Å². The van der Waals surface area contributed by atoms with Gasteiger partial charge in [0.15, 0.2) is 0 Å². The van der Waals surface area contributed by atoms with E-state index in [4.69, 9.17) is 5.84 Å². The molecule has 1 atom stereocenters. The maximum absolute atomic E-state index is 5.54. The molecule has 0 amide bonds. The third-order valence-electron chi connectivity index (χ3n) is 1.83. The second kappa shape index (κ2) is 4.67. The van der Waals surface area contributed by atoms with Crippen LogP contribution in [0.25, 0.3) is 0 Å². The molecule has 0 saturated carbocycles. The largest absolute Gasteiger partial charge is 0.270 e. The van der Waals surface area contributed by atoms with Crippen LogP contribution >= 0.6 is 45.5 Å². The molecule has 2 aromatic rings. The van der Waals surface area contributed by atoms with Crippen LogP contribution in [0.2, 0.25) is 0 Å². The third kappa shape index (κ3) is 1.98. The molecule has 74 valence electrons. The predicted octanol–water partition coefficient (Wildman–Crippen LogP) is 2.36. The van der Waals surface area contributed by atoms with Crippen molar-refractivity contribution < 1.29 is 0 Å². The fourth-order valence-corrected chi connectivity index (χ4v) is 3.70. The minimum absolute atomic E-state index is 0.0214. The van der Waals surface area contributed by atoms with Crippen molar-refractivity contribution >= 4 is 45.5 Å². The van der Waals surface area contributed by atoms with Gasteiger partial charge in [0.05, 0.1) is 11.7 Å². The molecule has 0 bridgehead atoms. The molecule has 0 spiro atoms. The van der Waals surface area contributed by atoms with E-state index in [9.17, 15) is 0 Å². The summed E-state index contributed by atoms with van der Waals surface area (Å²) < 4.78 is 5.51. The lowest BCUT2D eigenvalue weighted by Gasteiger charge is -2.11. The molecule has 0 saturated heterocycles. The number of aromatic nitrogens is 1. The first-order valence-electron chi connectivity index (χ1n) is 3.92. The number of hydrogen-bond acceptors (Lipinski definition) is 5. The summed E-state index contributed by atoms with van der Waals surface area (Å²) in [6.45, 7) is 0. The number of rotatable bonds is 3. The number of nitrogens with one attached hydrogen (secondary N) is 1. The maximum atomic E-state index is 5.54. The lowest BCUT2D eigenvalue weighted by atomic mass is 10.2. The van der Waals surface area contributed by atoms with Gasteiger partial charge in [-0.25, -0.2) is 5.43 Å². The van der Waals surface area contributed by atoms with Gasteiger partial charge >= 0.3 is 0 Å². The van der Waals surface area contributed by atoms with Crippen molar-refractivity contribution in [2.24, 2.45) is 5.84 Å². The molecule has 14 heavy (non-hydrogen) atoms. The highest BCUT2D eigenvalue weighted by Gasteiger charge is 2.17. The number of nitrogens with two attached hydrogens (primary N) is 1. The Morgan fingerprint density at radius 2 is 2.29 bits per heavy atom. The molecule has 6 heteroatoms. The van der Waals surface area contributed by atoms with E-state index >= 15 is 0 Å². The number of halogens is 1. The fourth-order valence-electron chi connectivity index (χ4n) is 1.18. The molecule has 0 aromatic carbocycles. The molecule has 3 nitrogen and oxygen atoms in total. The van der Waals surface area contributed by atoms with Gasteiger partial charge in [-0.05, 0) is 51.6 Å². The Balaban J connectivity index is 2.36. The van der Waals surface area contributed by atoms with Crippen LogP contribution in [0.15, 0.2) is 22.9 Å². The zero-order chi connectivity index (χ0) is 9.97. The molecule has 2 aromatic heterocycles. The third-order valence-corrected chi connectivity index (χ3v) is 4.69. The standard InChI is InChI=1S/C8H8IN3S2/c9-5-1-3-13-8(5)7(11-10)6-2-4-14-12-6/h1-4,7,11H,10H2. The molecule has 0 radical (unpaired) electrons. The monoisotopic (exact) mass is 337 g/mol. The first-order chi connectivity index (χ1) is 6.83. The van der Waals surface area contributed by atoms with E-state index in [2.05, 4.69) is 43.8 Å². The fraction of sp³-hybridized carbons (Fsp3) is 0.125.